The lowest BCUT2D eigenvalue weighted by atomic mass is 10.1. The van der Waals surface area contributed by atoms with E-state index in [0.29, 0.717) is 11.6 Å². The molecule has 0 unspecified atom stereocenters. The molecule has 2 bridgehead atoms. The zero-order valence-corrected chi connectivity index (χ0v) is 13.0. The lowest BCUT2D eigenvalue weighted by Gasteiger charge is -2.28. The molecule has 1 amide bonds. The first-order chi connectivity index (χ1) is 9.97. The average molecular weight is 289 g/mol. The topological polar surface area (TPSA) is 45.6 Å². The van der Waals surface area contributed by atoms with Crippen molar-refractivity contribution in [3.05, 3.63) is 33.7 Å². The number of pyridine rings is 1. The smallest absolute Gasteiger partial charge is 0.259 e. The van der Waals surface area contributed by atoms with E-state index >= 15 is 0 Å². The fraction of sp³-hybridized carbons (Fsp3) is 0.625. The van der Waals surface area contributed by atoms with Crippen molar-refractivity contribution in [2.24, 2.45) is 7.05 Å². The number of amides is 1. The molecule has 5 nitrogen and oxygen atoms in total. The largest absolute Gasteiger partial charge is 0.354 e. The summed E-state index contributed by atoms with van der Waals surface area (Å²) in [5, 5.41) is 0. The third kappa shape index (κ3) is 2.50. The first kappa shape index (κ1) is 14.3. The number of aryl methyl sites for hydroxylation is 2. The van der Waals surface area contributed by atoms with Crippen LogP contribution in [0, 0.1) is 6.92 Å². The van der Waals surface area contributed by atoms with Gasteiger partial charge in [0.05, 0.1) is 0 Å². The summed E-state index contributed by atoms with van der Waals surface area (Å²) in [6, 6.07) is 2.10. The van der Waals surface area contributed by atoms with E-state index in [0.717, 1.165) is 38.0 Å². The molecule has 5 heteroatoms. The van der Waals surface area contributed by atoms with Gasteiger partial charge >= 0.3 is 0 Å². The molecule has 0 saturated carbocycles. The van der Waals surface area contributed by atoms with Gasteiger partial charge in [0.25, 0.3) is 5.91 Å². The maximum absolute atomic E-state index is 12.9. The summed E-state index contributed by atoms with van der Waals surface area (Å²) in [7, 11) is 3.98. The van der Waals surface area contributed by atoms with Crippen molar-refractivity contribution in [2.75, 3.05) is 20.1 Å². The molecule has 2 atom stereocenters. The molecular weight excluding hydrogens is 266 g/mol. The summed E-state index contributed by atoms with van der Waals surface area (Å²) in [5.41, 5.74) is 1.02. The van der Waals surface area contributed by atoms with Crippen molar-refractivity contribution in [3.63, 3.8) is 0 Å². The zero-order valence-electron chi connectivity index (χ0n) is 13.0. The first-order valence-electron chi connectivity index (χ1n) is 7.66. The number of carbonyl (C=O) groups excluding carboxylic acids is 1. The van der Waals surface area contributed by atoms with Gasteiger partial charge in [0.2, 0.25) is 0 Å². The molecule has 2 aliphatic heterocycles. The molecule has 2 saturated heterocycles. The molecule has 0 radical (unpaired) electrons. The second-order valence-electron chi connectivity index (χ2n) is 6.45. The highest BCUT2D eigenvalue weighted by molar-refractivity contribution is 5.94. The molecule has 2 aliphatic rings. The van der Waals surface area contributed by atoms with Crippen molar-refractivity contribution in [2.45, 2.75) is 38.3 Å². The van der Waals surface area contributed by atoms with Gasteiger partial charge in [-0.05, 0) is 39.8 Å². The first-order valence-corrected chi connectivity index (χ1v) is 7.66. The third-order valence-corrected chi connectivity index (χ3v) is 4.94. The van der Waals surface area contributed by atoms with E-state index in [4.69, 9.17) is 0 Å². The average Bonchev–Trinajstić information content (AvgIpc) is 2.73. The van der Waals surface area contributed by atoms with Crippen LogP contribution in [-0.2, 0) is 7.05 Å². The van der Waals surface area contributed by atoms with Crippen molar-refractivity contribution in [1.82, 2.24) is 14.4 Å². The van der Waals surface area contributed by atoms with Crippen LogP contribution in [0.15, 0.2) is 17.1 Å². The summed E-state index contributed by atoms with van der Waals surface area (Å²) < 4.78 is 1.85. The maximum atomic E-state index is 12.9. The predicted molar refractivity (Wildman–Crippen MR) is 81.5 cm³/mol. The maximum Gasteiger partial charge on any atom is 0.259 e. The molecule has 3 rings (SSSR count). The number of hydrogen-bond acceptors (Lipinski definition) is 3. The molecule has 0 spiro atoms. The minimum absolute atomic E-state index is 0.0848. The van der Waals surface area contributed by atoms with E-state index in [-0.39, 0.29) is 17.4 Å². The Balaban J connectivity index is 1.95. The van der Waals surface area contributed by atoms with E-state index < -0.39 is 0 Å². The van der Waals surface area contributed by atoms with Gasteiger partial charge in [0.15, 0.2) is 5.43 Å². The highest BCUT2D eigenvalue weighted by atomic mass is 16.2. The predicted octanol–water partition coefficient (Wildman–Crippen LogP) is 1.00. The lowest BCUT2D eigenvalue weighted by molar-refractivity contribution is 0.0671. The molecule has 0 aromatic carbocycles. The Morgan fingerprint density at radius 3 is 2.67 bits per heavy atom. The molecule has 21 heavy (non-hydrogen) atoms. The van der Waals surface area contributed by atoms with Gasteiger partial charge < -0.3 is 14.4 Å². The van der Waals surface area contributed by atoms with Crippen molar-refractivity contribution in [3.8, 4) is 0 Å². The molecule has 1 aromatic rings. The van der Waals surface area contributed by atoms with E-state index in [1.165, 1.54) is 0 Å². The van der Waals surface area contributed by atoms with E-state index in [1.807, 2.05) is 23.4 Å². The van der Waals surface area contributed by atoms with Crippen LogP contribution in [-0.4, -0.2) is 52.5 Å². The Hall–Kier alpha value is -1.62. The van der Waals surface area contributed by atoms with Crippen LogP contribution in [0.4, 0.5) is 0 Å². The van der Waals surface area contributed by atoms with Crippen LogP contribution < -0.4 is 5.43 Å². The van der Waals surface area contributed by atoms with Gasteiger partial charge in [-0.3, -0.25) is 9.59 Å². The van der Waals surface area contributed by atoms with Crippen LogP contribution >= 0.6 is 0 Å². The quantitative estimate of drug-likeness (QED) is 0.775. The van der Waals surface area contributed by atoms with Gasteiger partial charge in [-0.1, -0.05) is 0 Å². The van der Waals surface area contributed by atoms with Gasteiger partial charge in [0, 0.05) is 43.6 Å². The number of nitrogens with zero attached hydrogens (tertiary/aromatic N) is 3. The summed E-state index contributed by atoms with van der Waals surface area (Å²) in [5.74, 6) is -0.0848. The minimum atomic E-state index is -0.160. The van der Waals surface area contributed by atoms with Crippen molar-refractivity contribution < 1.29 is 4.79 Å². The highest BCUT2D eigenvalue weighted by Gasteiger charge is 2.40. The summed E-state index contributed by atoms with van der Waals surface area (Å²) in [4.78, 5) is 29.4. The number of likely N-dealkylation sites (N-methyl/N-ethyl adjacent to an activating group) is 1. The van der Waals surface area contributed by atoms with E-state index in [1.54, 1.807) is 12.3 Å². The molecule has 0 aliphatic carbocycles. The Kier molecular flexibility index (Phi) is 3.61. The standard InChI is InChI=1S/C16H23N3O2/c1-11-8-15(20)14(10-18(11)3)16(21)19-12-4-5-13(19)9-17(2)7-6-12/h8,10,12-13H,4-7,9H2,1-3H3/t12-,13+/m1/s1. The fourth-order valence-electron chi connectivity index (χ4n) is 3.60. The van der Waals surface area contributed by atoms with Gasteiger partial charge in [0.1, 0.15) is 5.56 Å². The van der Waals surface area contributed by atoms with Gasteiger partial charge in [-0.2, -0.15) is 0 Å². The SMILES string of the molecule is Cc1cc(=O)c(C(=O)N2[C@@H]3CC[C@H]2CN(C)CC3)cn1C. The number of hydrogen-bond donors (Lipinski definition) is 0. The number of fused-ring (bicyclic) bond motifs is 2. The Morgan fingerprint density at radius 2 is 1.90 bits per heavy atom. The van der Waals surface area contributed by atoms with E-state index in [2.05, 4.69) is 11.9 Å². The molecule has 0 N–H and O–H groups in total. The summed E-state index contributed by atoms with van der Waals surface area (Å²) >= 11 is 0. The fourth-order valence-corrected chi connectivity index (χ4v) is 3.60. The lowest BCUT2D eigenvalue weighted by Crippen LogP contribution is -2.44. The molecule has 2 fully saturated rings. The van der Waals surface area contributed by atoms with E-state index in [9.17, 15) is 9.59 Å². The van der Waals surface area contributed by atoms with Gasteiger partial charge in [-0.15, -0.1) is 0 Å². The molecule has 114 valence electrons. The zero-order chi connectivity index (χ0) is 15.1. The highest BCUT2D eigenvalue weighted by Crippen LogP contribution is 2.30. The number of rotatable bonds is 1. The van der Waals surface area contributed by atoms with Crippen LogP contribution in [0.2, 0.25) is 0 Å². The normalized spacial score (nSPS) is 26.0. The van der Waals surface area contributed by atoms with Crippen molar-refractivity contribution in [1.29, 1.82) is 0 Å². The summed E-state index contributed by atoms with van der Waals surface area (Å²) in [6.45, 7) is 3.81. The van der Waals surface area contributed by atoms with Crippen molar-refractivity contribution >= 4 is 5.91 Å². The third-order valence-electron chi connectivity index (χ3n) is 4.94. The number of carbonyl (C=O) groups is 1. The number of likely N-dealkylation sites (tertiary alicyclic amines) is 1. The minimum Gasteiger partial charge on any atom is -0.354 e. The van der Waals surface area contributed by atoms with Crippen LogP contribution in [0.1, 0.15) is 35.3 Å². The van der Waals surface area contributed by atoms with Crippen LogP contribution in [0.3, 0.4) is 0 Å². The Bertz CT molecular complexity index is 622. The Morgan fingerprint density at radius 1 is 1.19 bits per heavy atom. The summed E-state index contributed by atoms with van der Waals surface area (Å²) in [6.07, 6.45) is 4.81. The second-order valence-corrected chi connectivity index (χ2v) is 6.45. The van der Waals surface area contributed by atoms with Gasteiger partial charge in [-0.25, -0.2) is 0 Å². The molecule has 1 aromatic heterocycles. The second kappa shape index (κ2) is 5.30. The van der Waals surface area contributed by atoms with Crippen LogP contribution in [0.25, 0.3) is 0 Å². The number of aromatic nitrogens is 1. The molecule has 3 heterocycles. The monoisotopic (exact) mass is 289 g/mol. The molecular formula is C16H23N3O2. The Labute approximate surface area is 125 Å². The van der Waals surface area contributed by atoms with Crippen LogP contribution in [0.5, 0.6) is 0 Å².